The first-order chi connectivity index (χ1) is 6.84. The summed E-state index contributed by atoms with van der Waals surface area (Å²) in [6, 6.07) is 6.52. The smallest absolute Gasteiger partial charge is 0.211 e. The normalized spacial score (nSPS) is 10.0. The molecule has 14 heavy (non-hydrogen) atoms. The second-order valence-corrected chi connectivity index (χ2v) is 2.61. The van der Waals surface area contributed by atoms with E-state index in [4.69, 9.17) is 9.84 Å². The Morgan fingerprint density at radius 1 is 1.43 bits per heavy atom. The number of hydrogen-bond acceptors (Lipinski definition) is 5. The number of nitrogens with one attached hydrogen (secondary N) is 1. The molecule has 2 rings (SSSR count). The number of benzene rings is 1. The highest BCUT2D eigenvalue weighted by atomic mass is 16.5. The van der Waals surface area contributed by atoms with Crippen molar-refractivity contribution in [3.8, 4) is 11.5 Å². The Morgan fingerprint density at radius 2 is 2.36 bits per heavy atom. The molecular weight excluding hydrogens is 184 g/mol. The van der Waals surface area contributed by atoms with Crippen LogP contribution in [0.5, 0.6) is 11.5 Å². The van der Waals surface area contributed by atoms with E-state index >= 15 is 0 Å². The molecule has 0 aliphatic heterocycles. The van der Waals surface area contributed by atoms with Gasteiger partial charge in [0.1, 0.15) is 11.5 Å². The highest BCUT2D eigenvalue weighted by Gasteiger charge is 1.99. The van der Waals surface area contributed by atoms with Crippen molar-refractivity contribution in [1.82, 2.24) is 20.6 Å². The number of phenols is 1. The summed E-state index contributed by atoms with van der Waals surface area (Å²) in [5.74, 6) is 1.19. The number of hydrogen-bond donors (Lipinski definition) is 2. The lowest BCUT2D eigenvalue weighted by molar-refractivity contribution is 0.294. The van der Waals surface area contributed by atoms with Crippen LogP contribution >= 0.6 is 0 Å². The average Bonchev–Trinajstić information content (AvgIpc) is 2.67. The fraction of sp³-hybridized carbons (Fsp3) is 0.125. The minimum atomic E-state index is 0.163. The maximum Gasteiger partial charge on any atom is 0.211 e. The summed E-state index contributed by atoms with van der Waals surface area (Å²) in [5.41, 5.74) is 0. The molecule has 0 saturated heterocycles. The summed E-state index contributed by atoms with van der Waals surface area (Å²) >= 11 is 0. The van der Waals surface area contributed by atoms with Gasteiger partial charge in [-0.3, -0.25) is 0 Å². The van der Waals surface area contributed by atoms with Crippen LogP contribution in [0, 0.1) is 0 Å². The number of aromatic nitrogens is 4. The number of ether oxygens (including phenoxy) is 1. The second kappa shape index (κ2) is 3.73. The van der Waals surface area contributed by atoms with Crippen molar-refractivity contribution in [1.29, 1.82) is 0 Å². The topological polar surface area (TPSA) is 83.9 Å². The number of tetrazole rings is 1. The first-order valence-corrected chi connectivity index (χ1v) is 3.99. The zero-order chi connectivity index (χ0) is 9.80. The molecule has 0 aliphatic rings. The van der Waals surface area contributed by atoms with Crippen LogP contribution < -0.4 is 4.74 Å². The Hall–Kier alpha value is -2.11. The van der Waals surface area contributed by atoms with Crippen LogP contribution in [0.15, 0.2) is 24.3 Å². The van der Waals surface area contributed by atoms with Crippen molar-refractivity contribution in [2.75, 3.05) is 0 Å². The van der Waals surface area contributed by atoms with Crippen LogP contribution in [-0.4, -0.2) is 25.7 Å². The molecule has 0 atom stereocenters. The molecule has 0 unspecified atom stereocenters. The summed E-state index contributed by atoms with van der Waals surface area (Å²) in [6.45, 7) is 0.222. The van der Waals surface area contributed by atoms with Crippen molar-refractivity contribution in [3.05, 3.63) is 30.1 Å². The Labute approximate surface area is 79.5 Å². The molecule has 72 valence electrons. The Balaban J connectivity index is 1.98. The summed E-state index contributed by atoms with van der Waals surface area (Å²) < 4.78 is 5.29. The molecule has 1 heterocycles. The first-order valence-electron chi connectivity index (χ1n) is 3.99. The van der Waals surface area contributed by atoms with Gasteiger partial charge < -0.3 is 9.84 Å². The monoisotopic (exact) mass is 192 g/mol. The van der Waals surface area contributed by atoms with Crippen LogP contribution in [-0.2, 0) is 6.61 Å². The standard InChI is InChI=1S/C8H8N4O2/c13-6-2-1-3-7(4-6)14-5-8-9-11-12-10-8/h1-4,13H,5H2,(H,9,10,11,12). The van der Waals surface area contributed by atoms with E-state index in [1.165, 1.54) is 6.07 Å². The van der Waals surface area contributed by atoms with E-state index in [1.807, 2.05) is 0 Å². The van der Waals surface area contributed by atoms with Gasteiger partial charge in [-0.1, -0.05) is 11.3 Å². The third-order valence-corrected chi connectivity index (χ3v) is 1.57. The molecule has 1 aromatic carbocycles. The van der Waals surface area contributed by atoms with Gasteiger partial charge in [0.2, 0.25) is 5.82 Å². The molecule has 0 bridgehead atoms. The van der Waals surface area contributed by atoms with Gasteiger partial charge in [0.25, 0.3) is 0 Å². The fourth-order valence-corrected chi connectivity index (χ4v) is 0.965. The summed E-state index contributed by atoms with van der Waals surface area (Å²) in [5, 5.41) is 22.3. The molecule has 0 fully saturated rings. The minimum absolute atomic E-state index is 0.163. The largest absolute Gasteiger partial charge is 0.508 e. The molecule has 2 N–H and O–H groups in total. The van der Waals surface area contributed by atoms with E-state index in [-0.39, 0.29) is 12.4 Å². The highest BCUT2D eigenvalue weighted by Crippen LogP contribution is 2.18. The molecule has 1 aromatic heterocycles. The maximum absolute atomic E-state index is 9.14. The van der Waals surface area contributed by atoms with E-state index in [1.54, 1.807) is 18.2 Å². The third-order valence-electron chi connectivity index (χ3n) is 1.57. The molecular formula is C8H8N4O2. The molecule has 0 spiro atoms. The van der Waals surface area contributed by atoms with Crippen LogP contribution in [0.2, 0.25) is 0 Å². The second-order valence-electron chi connectivity index (χ2n) is 2.61. The molecule has 6 nitrogen and oxygen atoms in total. The van der Waals surface area contributed by atoms with Gasteiger partial charge in [-0.15, -0.1) is 10.2 Å². The molecule has 2 aromatic rings. The van der Waals surface area contributed by atoms with E-state index in [9.17, 15) is 0 Å². The third kappa shape index (κ3) is 1.98. The lowest BCUT2D eigenvalue weighted by Crippen LogP contribution is -1.97. The van der Waals surface area contributed by atoms with E-state index in [2.05, 4.69) is 20.6 Å². The van der Waals surface area contributed by atoms with Crippen LogP contribution in [0.1, 0.15) is 5.82 Å². The quantitative estimate of drug-likeness (QED) is 0.739. The van der Waals surface area contributed by atoms with Crippen molar-refractivity contribution in [2.45, 2.75) is 6.61 Å². The van der Waals surface area contributed by atoms with Crippen LogP contribution in [0.4, 0.5) is 0 Å². The predicted molar refractivity (Wildman–Crippen MR) is 46.6 cm³/mol. The van der Waals surface area contributed by atoms with Crippen molar-refractivity contribution in [3.63, 3.8) is 0 Å². The van der Waals surface area contributed by atoms with Crippen molar-refractivity contribution < 1.29 is 9.84 Å². The Morgan fingerprint density at radius 3 is 3.07 bits per heavy atom. The maximum atomic E-state index is 9.14. The van der Waals surface area contributed by atoms with Crippen LogP contribution in [0.3, 0.4) is 0 Å². The predicted octanol–water partition coefficient (Wildman–Crippen LogP) is 0.484. The van der Waals surface area contributed by atoms with Gasteiger partial charge >= 0.3 is 0 Å². The zero-order valence-electron chi connectivity index (χ0n) is 7.21. The van der Waals surface area contributed by atoms with Gasteiger partial charge in [0.15, 0.2) is 6.61 Å². The van der Waals surface area contributed by atoms with Gasteiger partial charge in [0.05, 0.1) is 0 Å². The number of aromatic hydroxyl groups is 1. The molecule has 0 aliphatic carbocycles. The lowest BCUT2D eigenvalue weighted by atomic mass is 10.3. The molecule has 0 saturated carbocycles. The SMILES string of the molecule is Oc1cccc(OCc2nn[nH]n2)c1. The number of rotatable bonds is 3. The summed E-state index contributed by atoms with van der Waals surface area (Å²) in [4.78, 5) is 0. The number of H-pyrrole nitrogens is 1. The number of aromatic amines is 1. The number of nitrogens with zero attached hydrogens (tertiary/aromatic N) is 3. The van der Waals surface area contributed by atoms with Crippen molar-refractivity contribution in [2.24, 2.45) is 0 Å². The summed E-state index contributed by atoms with van der Waals surface area (Å²) in [6.07, 6.45) is 0. The average molecular weight is 192 g/mol. The van der Waals surface area contributed by atoms with Gasteiger partial charge in [-0.25, -0.2) is 0 Å². The van der Waals surface area contributed by atoms with E-state index in [0.717, 1.165) is 0 Å². The Bertz CT molecular complexity index is 401. The van der Waals surface area contributed by atoms with E-state index < -0.39 is 0 Å². The molecule has 0 amide bonds. The van der Waals surface area contributed by atoms with Crippen molar-refractivity contribution >= 4 is 0 Å². The van der Waals surface area contributed by atoms with Gasteiger partial charge in [-0.2, -0.15) is 5.21 Å². The van der Waals surface area contributed by atoms with Gasteiger partial charge in [0, 0.05) is 6.07 Å². The van der Waals surface area contributed by atoms with E-state index in [0.29, 0.717) is 11.6 Å². The molecule has 6 heteroatoms. The Kier molecular flexibility index (Phi) is 2.26. The highest BCUT2D eigenvalue weighted by molar-refractivity contribution is 5.31. The van der Waals surface area contributed by atoms with Gasteiger partial charge in [-0.05, 0) is 12.1 Å². The fourth-order valence-electron chi connectivity index (χ4n) is 0.965. The lowest BCUT2D eigenvalue weighted by Gasteiger charge is -2.02. The summed E-state index contributed by atoms with van der Waals surface area (Å²) in [7, 11) is 0. The minimum Gasteiger partial charge on any atom is -0.508 e. The first kappa shape index (κ1) is 8.49. The number of phenolic OH excluding ortho intramolecular Hbond substituents is 1. The van der Waals surface area contributed by atoms with Crippen LogP contribution in [0.25, 0.3) is 0 Å². The molecule has 0 radical (unpaired) electrons. The zero-order valence-corrected chi connectivity index (χ0v) is 7.21.